The number of aliphatic hydroxyl groups is 1. The van der Waals surface area contributed by atoms with Crippen molar-refractivity contribution in [1.82, 2.24) is 4.90 Å². The Morgan fingerprint density at radius 2 is 1.97 bits per heavy atom. The van der Waals surface area contributed by atoms with Crippen molar-refractivity contribution in [2.24, 2.45) is 0 Å². The van der Waals surface area contributed by atoms with Crippen LogP contribution in [0.5, 0.6) is 17.2 Å². The van der Waals surface area contributed by atoms with E-state index < -0.39 is 6.10 Å². The molecule has 2 aromatic carbocycles. The number of nitrogens with zero attached hydrogens (tertiary/aromatic N) is 1. The molecule has 1 fully saturated rings. The zero-order valence-electron chi connectivity index (χ0n) is 16.9. The van der Waals surface area contributed by atoms with Crippen LogP contribution < -0.4 is 14.2 Å². The topological polar surface area (TPSA) is 60.4 Å². The summed E-state index contributed by atoms with van der Waals surface area (Å²) in [5.74, 6) is 2.44. The van der Waals surface area contributed by atoms with Gasteiger partial charge in [-0.2, -0.15) is 0 Å². The van der Waals surface area contributed by atoms with Gasteiger partial charge in [0.25, 0.3) is 0 Å². The number of benzene rings is 2. The van der Waals surface area contributed by atoms with Crippen molar-refractivity contribution in [1.29, 1.82) is 0 Å². The number of fused-ring (bicyclic) bond motifs is 1. The Labute approximate surface area is 171 Å². The Bertz CT molecular complexity index is 812. The van der Waals surface area contributed by atoms with Crippen LogP contribution in [0.2, 0.25) is 0 Å². The van der Waals surface area contributed by atoms with Crippen molar-refractivity contribution in [2.45, 2.75) is 31.6 Å². The molecule has 0 spiro atoms. The average molecular weight is 399 g/mol. The lowest BCUT2D eigenvalue weighted by Crippen LogP contribution is -2.34. The van der Waals surface area contributed by atoms with E-state index in [9.17, 15) is 5.11 Å². The van der Waals surface area contributed by atoms with E-state index in [1.807, 2.05) is 30.3 Å². The maximum atomic E-state index is 10.5. The monoisotopic (exact) mass is 399 g/mol. The largest absolute Gasteiger partial charge is 0.496 e. The Balaban J connectivity index is 1.31. The Morgan fingerprint density at radius 1 is 1.14 bits per heavy atom. The molecule has 29 heavy (non-hydrogen) atoms. The summed E-state index contributed by atoms with van der Waals surface area (Å²) in [6, 6.07) is 14.3. The Hall–Kier alpha value is -2.28. The van der Waals surface area contributed by atoms with Gasteiger partial charge in [-0.25, -0.2) is 0 Å². The summed E-state index contributed by atoms with van der Waals surface area (Å²) in [6.45, 7) is 3.47. The predicted molar refractivity (Wildman–Crippen MR) is 110 cm³/mol. The fraction of sp³-hybridized carbons (Fsp3) is 0.478. The second-order valence-electron chi connectivity index (χ2n) is 7.54. The summed E-state index contributed by atoms with van der Waals surface area (Å²) >= 11 is 0. The normalized spacial score (nSPS) is 19.9. The number of hydrogen-bond acceptors (Lipinski definition) is 6. The summed E-state index contributed by atoms with van der Waals surface area (Å²) in [7, 11) is 1.65. The minimum atomic E-state index is -0.539. The summed E-state index contributed by atoms with van der Waals surface area (Å²) < 4.78 is 22.5. The molecule has 0 amide bonds. The lowest BCUT2D eigenvalue weighted by atomic mass is 10.0. The van der Waals surface area contributed by atoms with E-state index in [-0.39, 0.29) is 6.04 Å². The highest BCUT2D eigenvalue weighted by Gasteiger charge is 2.28. The van der Waals surface area contributed by atoms with Crippen molar-refractivity contribution in [3.8, 4) is 17.2 Å². The van der Waals surface area contributed by atoms with Gasteiger partial charge in [0.05, 0.1) is 26.4 Å². The van der Waals surface area contributed by atoms with Gasteiger partial charge in [-0.1, -0.05) is 24.3 Å². The van der Waals surface area contributed by atoms with Gasteiger partial charge in [0.15, 0.2) is 11.5 Å². The zero-order valence-corrected chi connectivity index (χ0v) is 16.9. The van der Waals surface area contributed by atoms with E-state index in [0.29, 0.717) is 33.0 Å². The minimum Gasteiger partial charge on any atom is -0.496 e. The van der Waals surface area contributed by atoms with Gasteiger partial charge >= 0.3 is 0 Å². The van der Waals surface area contributed by atoms with Gasteiger partial charge < -0.3 is 24.1 Å². The van der Waals surface area contributed by atoms with E-state index >= 15 is 0 Å². The molecule has 2 aliphatic heterocycles. The lowest BCUT2D eigenvalue weighted by molar-refractivity contribution is 0.00722. The summed E-state index contributed by atoms with van der Waals surface area (Å²) in [4.78, 5) is 2.34. The van der Waals surface area contributed by atoms with Crippen LogP contribution in [0.3, 0.4) is 0 Å². The number of methoxy groups -OCH3 is 1. The summed E-state index contributed by atoms with van der Waals surface area (Å²) in [5.41, 5.74) is 2.20. The van der Waals surface area contributed by atoms with Gasteiger partial charge in [0.1, 0.15) is 19.0 Å². The molecule has 6 nitrogen and oxygen atoms in total. The van der Waals surface area contributed by atoms with E-state index in [4.69, 9.17) is 18.9 Å². The standard InChI is InChI=1S/C23H29NO5/c1-26-21-7-3-2-5-18(21)15-27-16-19(25)14-24-10-4-6-20(24)17-8-9-22-23(13-17)29-12-11-28-22/h2-3,5,7-9,13,19-20,25H,4,6,10-12,14-16H2,1H3/t19-,20-/m1/s1. The third-order valence-corrected chi connectivity index (χ3v) is 5.52. The van der Waals surface area contributed by atoms with Gasteiger partial charge in [0.2, 0.25) is 0 Å². The van der Waals surface area contributed by atoms with Crippen LogP contribution in [-0.4, -0.2) is 56.1 Å². The molecule has 0 bridgehead atoms. The number of rotatable bonds is 8. The van der Waals surface area contributed by atoms with E-state index in [2.05, 4.69) is 17.0 Å². The molecule has 2 aromatic rings. The molecular formula is C23H29NO5. The summed E-state index contributed by atoms with van der Waals surface area (Å²) in [6.07, 6.45) is 1.66. The van der Waals surface area contributed by atoms with Crippen molar-refractivity contribution < 1.29 is 24.1 Å². The van der Waals surface area contributed by atoms with Crippen molar-refractivity contribution in [3.05, 3.63) is 53.6 Å². The molecule has 1 saturated heterocycles. The minimum absolute atomic E-state index is 0.287. The van der Waals surface area contributed by atoms with Crippen molar-refractivity contribution in [3.63, 3.8) is 0 Å². The van der Waals surface area contributed by atoms with Crippen LogP contribution in [0.25, 0.3) is 0 Å². The molecule has 0 aromatic heterocycles. The Kier molecular flexibility index (Phi) is 6.54. The predicted octanol–water partition coefficient (Wildman–Crippen LogP) is 3.18. The number of hydrogen-bond donors (Lipinski definition) is 1. The zero-order chi connectivity index (χ0) is 20.1. The molecule has 1 N–H and O–H groups in total. The lowest BCUT2D eigenvalue weighted by Gasteiger charge is -2.28. The van der Waals surface area contributed by atoms with Crippen molar-refractivity contribution in [2.75, 3.05) is 40.0 Å². The van der Waals surface area contributed by atoms with Crippen LogP contribution in [-0.2, 0) is 11.3 Å². The highest BCUT2D eigenvalue weighted by molar-refractivity contribution is 5.44. The van der Waals surface area contributed by atoms with Crippen LogP contribution in [0.15, 0.2) is 42.5 Å². The molecule has 6 heteroatoms. The van der Waals surface area contributed by atoms with Crippen LogP contribution in [0, 0.1) is 0 Å². The van der Waals surface area contributed by atoms with E-state index in [1.54, 1.807) is 7.11 Å². The maximum Gasteiger partial charge on any atom is 0.161 e. The number of likely N-dealkylation sites (tertiary alicyclic amines) is 1. The van der Waals surface area contributed by atoms with Crippen molar-refractivity contribution >= 4 is 0 Å². The highest BCUT2D eigenvalue weighted by atomic mass is 16.6. The van der Waals surface area contributed by atoms with E-state index in [1.165, 1.54) is 5.56 Å². The third-order valence-electron chi connectivity index (χ3n) is 5.52. The molecular weight excluding hydrogens is 370 g/mol. The molecule has 0 unspecified atom stereocenters. The quantitative estimate of drug-likeness (QED) is 0.736. The maximum absolute atomic E-state index is 10.5. The van der Waals surface area contributed by atoms with Gasteiger partial charge in [0, 0.05) is 18.2 Å². The molecule has 156 valence electrons. The van der Waals surface area contributed by atoms with Crippen LogP contribution in [0.1, 0.15) is 30.0 Å². The SMILES string of the molecule is COc1ccccc1COC[C@H](O)CN1CCC[C@@H]1c1ccc2c(c1)OCCO2. The first-order valence-electron chi connectivity index (χ1n) is 10.3. The van der Waals surface area contributed by atoms with Gasteiger partial charge in [-0.3, -0.25) is 4.90 Å². The fourth-order valence-corrected chi connectivity index (χ4v) is 4.14. The molecule has 0 aliphatic carbocycles. The molecule has 0 saturated carbocycles. The first-order valence-corrected chi connectivity index (χ1v) is 10.3. The molecule has 2 aliphatic rings. The smallest absolute Gasteiger partial charge is 0.161 e. The van der Waals surface area contributed by atoms with Gasteiger partial charge in [-0.15, -0.1) is 0 Å². The molecule has 4 rings (SSSR count). The average Bonchev–Trinajstić information content (AvgIpc) is 3.21. The number of aliphatic hydroxyl groups excluding tert-OH is 1. The first-order chi connectivity index (χ1) is 14.2. The second-order valence-corrected chi connectivity index (χ2v) is 7.54. The van der Waals surface area contributed by atoms with E-state index in [0.717, 1.165) is 42.2 Å². The molecule has 0 radical (unpaired) electrons. The number of para-hydroxylation sites is 1. The number of β-amino-alcohol motifs (C(OH)–C–C–N with tert-alkyl or cyclic N) is 1. The van der Waals surface area contributed by atoms with Crippen LogP contribution >= 0.6 is 0 Å². The number of ether oxygens (including phenoxy) is 4. The second kappa shape index (κ2) is 9.48. The molecule has 2 heterocycles. The summed E-state index contributed by atoms with van der Waals surface area (Å²) in [5, 5.41) is 10.5. The first kappa shape index (κ1) is 20.0. The molecule has 2 atom stereocenters. The highest BCUT2D eigenvalue weighted by Crippen LogP contribution is 2.38. The Morgan fingerprint density at radius 3 is 2.83 bits per heavy atom. The third kappa shape index (κ3) is 4.83. The van der Waals surface area contributed by atoms with Gasteiger partial charge in [-0.05, 0) is 43.1 Å². The fourth-order valence-electron chi connectivity index (χ4n) is 4.14. The van der Waals surface area contributed by atoms with Crippen LogP contribution in [0.4, 0.5) is 0 Å².